The van der Waals surface area contributed by atoms with Crippen LogP contribution in [0, 0.1) is 6.92 Å². The largest absolute Gasteiger partial charge is 0.481 e. The van der Waals surface area contributed by atoms with Crippen LogP contribution < -0.4 is 20.1 Å². The van der Waals surface area contributed by atoms with E-state index in [2.05, 4.69) is 20.6 Å². The minimum atomic E-state index is -0.138. The Morgan fingerprint density at radius 1 is 1.17 bits per heavy atom. The van der Waals surface area contributed by atoms with Gasteiger partial charge in [0.15, 0.2) is 0 Å². The van der Waals surface area contributed by atoms with Crippen molar-refractivity contribution in [2.24, 2.45) is 0 Å². The van der Waals surface area contributed by atoms with Gasteiger partial charge in [0.2, 0.25) is 17.7 Å². The molecule has 1 amide bonds. The van der Waals surface area contributed by atoms with Gasteiger partial charge in [0.25, 0.3) is 5.91 Å². The third kappa shape index (κ3) is 4.80. The maximum Gasteiger partial charge on any atom is 0.251 e. The van der Waals surface area contributed by atoms with Crippen LogP contribution >= 0.6 is 0 Å². The van der Waals surface area contributed by atoms with Crippen LogP contribution in [-0.4, -0.2) is 59.3 Å². The standard InChI is InChI=1S/C26H28N6O4/c1-15-12-16(24(33)27-2)4-6-20(15)30-26-31-23-22(25(32-26)36-18-8-10-35-11-9-18)19(14-29-23)17-5-7-21(34-3)28-13-17/h4-7,12-14,18H,8-11H2,1-3H3,(H,27,33)(H2,29,30,31,32). The molecule has 1 aliphatic rings. The fraction of sp³-hybridized carbons (Fsp3) is 0.308. The molecule has 0 spiro atoms. The number of hydrogen-bond donors (Lipinski definition) is 3. The molecule has 1 fully saturated rings. The van der Waals surface area contributed by atoms with Crippen LogP contribution in [0.5, 0.6) is 11.8 Å². The van der Waals surface area contributed by atoms with Gasteiger partial charge in [0.1, 0.15) is 11.8 Å². The molecule has 4 heterocycles. The second-order valence-electron chi connectivity index (χ2n) is 8.53. The molecule has 1 aromatic carbocycles. The first-order chi connectivity index (χ1) is 17.6. The molecule has 0 atom stereocenters. The Labute approximate surface area is 208 Å². The Hall–Kier alpha value is -4.18. The van der Waals surface area contributed by atoms with Crippen LogP contribution in [-0.2, 0) is 4.74 Å². The number of pyridine rings is 1. The van der Waals surface area contributed by atoms with Crippen LogP contribution in [0.4, 0.5) is 11.6 Å². The van der Waals surface area contributed by atoms with E-state index in [-0.39, 0.29) is 12.0 Å². The molecular weight excluding hydrogens is 460 g/mol. The average Bonchev–Trinajstić information content (AvgIpc) is 3.34. The van der Waals surface area contributed by atoms with Gasteiger partial charge in [-0.2, -0.15) is 9.97 Å². The summed E-state index contributed by atoms with van der Waals surface area (Å²) in [6.45, 7) is 3.24. The zero-order valence-corrected chi connectivity index (χ0v) is 20.4. The Kier molecular flexibility index (Phi) is 6.68. The summed E-state index contributed by atoms with van der Waals surface area (Å²) in [4.78, 5) is 29.0. The summed E-state index contributed by atoms with van der Waals surface area (Å²) >= 11 is 0. The fourth-order valence-corrected chi connectivity index (χ4v) is 4.19. The number of fused-ring (bicyclic) bond motifs is 1. The summed E-state index contributed by atoms with van der Waals surface area (Å²) in [5, 5.41) is 6.71. The van der Waals surface area contributed by atoms with Gasteiger partial charge in [0, 0.05) is 60.7 Å². The number of carbonyl (C=O) groups excluding carboxylic acids is 1. The van der Waals surface area contributed by atoms with Gasteiger partial charge >= 0.3 is 0 Å². The number of methoxy groups -OCH3 is 1. The Morgan fingerprint density at radius 3 is 2.69 bits per heavy atom. The molecule has 5 rings (SSSR count). The number of H-pyrrole nitrogens is 1. The van der Waals surface area contributed by atoms with Gasteiger partial charge in [0.05, 0.1) is 25.7 Å². The monoisotopic (exact) mass is 488 g/mol. The van der Waals surface area contributed by atoms with Gasteiger partial charge in [-0.05, 0) is 36.8 Å². The first-order valence-corrected chi connectivity index (χ1v) is 11.8. The number of rotatable bonds is 7. The molecule has 3 N–H and O–H groups in total. The van der Waals surface area contributed by atoms with Gasteiger partial charge in [-0.25, -0.2) is 4.98 Å². The van der Waals surface area contributed by atoms with E-state index in [0.717, 1.165) is 40.6 Å². The molecular formula is C26H28N6O4. The van der Waals surface area contributed by atoms with Crippen LogP contribution in [0.3, 0.4) is 0 Å². The van der Waals surface area contributed by atoms with Gasteiger partial charge in [-0.1, -0.05) is 0 Å². The van der Waals surface area contributed by atoms with E-state index < -0.39 is 0 Å². The summed E-state index contributed by atoms with van der Waals surface area (Å²) in [6.07, 6.45) is 5.21. The number of carbonyl (C=O) groups is 1. The van der Waals surface area contributed by atoms with Crippen LogP contribution in [0.1, 0.15) is 28.8 Å². The quantitative estimate of drug-likeness (QED) is 0.357. The lowest BCUT2D eigenvalue weighted by atomic mass is 10.1. The normalized spacial score (nSPS) is 14.0. The summed E-state index contributed by atoms with van der Waals surface area (Å²) in [5.41, 5.74) is 4.69. The van der Waals surface area contributed by atoms with Crippen LogP contribution in [0.15, 0.2) is 42.7 Å². The number of amides is 1. The van der Waals surface area contributed by atoms with E-state index >= 15 is 0 Å². The highest BCUT2D eigenvalue weighted by atomic mass is 16.5. The third-order valence-corrected chi connectivity index (χ3v) is 6.16. The number of aromatic amines is 1. The lowest BCUT2D eigenvalue weighted by Gasteiger charge is -2.23. The number of anilines is 2. The molecule has 0 aliphatic carbocycles. The highest BCUT2D eigenvalue weighted by molar-refractivity contribution is 5.98. The lowest BCUT2D eigenvalue weighted by Crippen LogP contribution is -2.26. The molecule has 10 nitrogen and oxygen atoms in total. The molecule has 1 saturated heterocycles. The highest BCUT2D eigenvalue weighted by Crippen LogP contribution is 2.36. The van der Waals surface area contributed by atoms with E-state index in [0.29, 0.717) is 42.1 Å². The number of aromatic nitrogens is 4. The van der Waals surface area contributed by atoms with Crippen molar-refractivity contribution in [2.75, 3.05) is 32.7 Å². The number of aryl methyl sites for hydroxylation is 1. The predicted octanol–water partition coefficient (Wildman–Crippen LogP) is 4.00. The highest BCUT2D eigenvalue weighted by Gasteiger charge is 2.22. The Morgan fingerprint density at radius 2 is 2.00 bits per heavy atom. The minimum absolute atomic E-state index is 0.00461. The van der Waals surface area contributed by atoms with Crippen molar-refractivity contribution in [3.8, 4) is 22.9 Å². The second-order valence-corrected chi connectivity index (χ2v) is 8.53. The molecule has 1 aliphatic heterocycles. The number of hydrogen-bond acceptors (Lipinski definition) is 8. The summed E-state index contributed by atoms with van der Waals surface area (Å²) < 4.78 is 17.1. The first kappa shape index (κ1) is 23.6. The minimum Gasteiger partial charge on any atom is -0.481 e. The van der Waals surface area contributed by atoms with Crippen molar-refractivity contribution in [2.45, 2.75) is 25.9 Å². The van der Waals surface area contributed by atoms with E-state index in [4.69, 9.17) is 24.2 Å². The van der Waals surface area contributed by atoms with Crippen LogP contribution in [0.25, 0.3) is 22.2 Å². The van der Waals surface area contributed by atoms with Crippen molar-refractivity contribution in [1.82, 2.24) is 25.3 Å². The Balaban J connectivity index is 1.53. The molecule has 0 bridgehead atoms. The fourth-order valence-electron chi connectivity index (χ4n) is 4.19. The van der Waals surface area contributed by atoms with Crippen LogP contribution in [0.2, 0.25) is 0 Å². The molecule has 0 saturated carbocycles. The van der Waals surface area contributed by atoms with E-state index in [1.165, 1.54) is 0 Å². The SMILES string of the molecule is CNC(=O)c1ccc(Nc2nc(OC3CCOCC3)c3c(-c4ccc(OC)nc4)c[nH]c3n2)c(C)c1. The molecule has 0 unspecified atom stereocenters. The maximum absolute atomic E-state index is 12.0. The third-order valence-electron chi connectivity index (χ3n) is 6.16. The smallest absolute Gasteiger partial charge is 0.251 e. The Bertz CT molecular complexity index is 1380. The van der Waals surface area contributed by atoms with E-state index in [1.54, 1.807) is 26.4 Å². The number of ether oxygens (including phenoxy) is 3. The lowest BCUT2D eigenvalue weighted by molar-refractivity contribution is 0.0244. The number of benzene rings is 1. The van der Waals surface area contributed by atoms with Crippen molar-refractivity contribution in [3.05, 3.63) is 53.9 Å². The zero-order chi connectivity index (χ0) is 25.1. The van der Waals surface area contributed by atoms with Gasteiger partial charge < -0.3 is 29.8 Å². The molecule has 186 valence electrons. The molecule has 0 radical (unpaired) electrons. The maximum atomic E-state index is 12.0. The predicted molar refractivity (Wildman–Crippen MR) is 136 cm³/mol. The molecule has 4 aromatic rings. The van der Waals surface area contributed by atoms with E-state index in [1.807, 2.05) is 37.4 Å². The molecule has 10 heteroatoms. The average molecular weight is 489 g/mol. The topological polar surface area (TPSA) is 123 Å². The van der Waals surface area contributed by atoms with E-state index in [9.17, 15) is 4.79 Å². The summed E-state index contributed by atoms with van der Waals surface area (Å²) in [5.74, 6) is 1.28. The van der Waals surface area contributed by atoms with Crippen molar-refractivity contribution < 1.29 is 19.0 Å². The van der Waals surface area contributed by atoms with Gasteiger partial charge in [-0.15, -0.1) is 0 Å². The summed E-state index contributed by atoms with van der Waals surface area (Å²) in [7, 11) is 3.20. The van der Waals surface area contributed by atoms with Crippen molar-refractivity contribution in [3.63, 3.8) is 0 Å². The number of nitrogens with one attached hydrogen (secondary N) is 3. The summed E-state index contributed by atoms with van der Waals surface area (Å²) in [6, 6.07) is 9.18. The van der Waals surface area contributed by atoms with Crippen molar-refractivity contribution in [1.29, 1.82) is 0 Å². The zero-order valence-electron chi connectivity index (χ0n) is 20.4. The first-order valence-electron chi connectivity index (χ1n) is 11.8. The van der Waals surface area contributed by atoms with Crippen molar-refractivity contribution >= 4 is 28.6 Å². The number of nitrogens with zero attached hydrogens (tertiary/aromatic N) is 3. The molecule has 3 aromatic heterocycles. The van der Waals surface area contributed by atoms with Gasteiger partial charge in [-0.3, -0.25) is 4.79 Å². The second kappa shape index (κ2) is 10.2. The molecule has 36 heavy (non-hydrogen) atoms.